The number of fused-ring (bicyclic) bond motifs is 1. The Bertz CT molecular complexity index is 1480. The Morgan fingerprint density at radius 2 is 1.83 bits per heavy atom. The van der Waals surface area contributed by atoms with Crippen LogP contribution in [0.4, 0.5) is 0 Å². The van der Waals surface area contributed by atoms with Crippen molar-refractivity contribution in [2.45, 2.75) is 37.3 Å². The first-order valence-electron chi connectivity index (χ1n) is 11.7. The predicted octanol–water partition coefficient (Wildman–Crippen LogP) is 6.25. The van der Waals surface area contributed by atoms with E-state index in [0.717, 1.165) is 28.3 Å². The molecule has 0 fully saturated rings. The summed E-state index contributed by atoms with van der Waals surface area (Å²) in [6.45, 7) is 11.9. The van der Waals surface area contributed by atoms with E-state index in [1.807, 2.05) is 34.9 Å². The van der Waals surface area contributed by atoms with Crippen LogP contribution in [0.25, 0.3) is 28.6 Å². The molecule has 4 aromatic rings. The van der Waals surface area contributed by atoms with Crippen LogP contribution in [0.2, 0.25) is 25.7 Å². The Balaban J connectivity index is 1.73. The normalized spacial score (nSPS) is 12.1. The highest BCUT2D eigenvalue weighted by atomic mass is 32.2. The fourth-order valence-corrected chi connectivity index (χ4v) is 5.04. The smallest absolute Gasteiger partial charge is 0.175 e. The molecule has 0 N–H and O–H groups in total. The van der Waals surface area contributed by atoms with Gasteiger partial charge < -0.3 is 9.47 Å². The molecule has 0 spiro atoms. The van der Waals surface area contributed by atoms with Gasteiger partial charge in [-0.05, 0) is 48.5 Å². The van der Waals surface area contributed by atoms with E-state index in [1.54, 1.807) is 24.4 Å². The van der Waals surface area contributed by atoms with Crippen LogP contribution >= 0.6 is 0 Å². The summed E-state index contributed by atoms with van der Waals surface area (Å²) in [5.41, 5.74) is 3.14. The molecule has 0 aliphatic rings. The highest BCUT2D eigenvalue weighted by Crippen LogP contribution is 2.33. The minimum absolute atomic E-state index is 0.239. The molecule has 0 saturated carbocycles. The van der Waals surface area contributed by atoms with E-state index in [1.165, 1.54) is 18.4 Å². The van der Waals surface area contributed by atoms with Gasteiger partial charge >= 0.3 is 0 Å². The molecule has 4 rings (SSSR count). The van der Waals surface area contributed by atoms with E-state index in [0.29, 0.717) is 30.7 Å². The lowest BCUT2D eigenvalue weighted by molar-refractivity contribution is 0.0909. The molecule has 0 saturated heterocycles. The molecule has 0 atom stereocenters. The van der Waals surface area contributed by atoms with E-state index >= 15 is 0 Å². The molecule has 2 aromatic carbocycles. The van der Waals surface area contributed by atoms with Crippen molar-refractivity contribution in [1.82, 2.24) is 14.5 Å². The van der Waals surface area contributed by atoms with Crippen molar-refractivity contribution in [3.63, 3.8) is 0 Å². The number of nitrogens with zero attached hydrogens (tertiary/aromatic N) is 3. The first-order chi connectivity index (χ1) is 17.0. The molecular weight excluding hydrogens is 490 g/mol. The molecule has 188 valence electrons. The molecule has 7 nitrogen and oxygen atoms in total. The maximum absolute atomic E-state index is 11.8. The summed E-state index contributed by atoms with van der Waals surface area (Å²) >= 11 is 0. The fourth-order valence-electron chi connectivity index (χ4n) is 3.65. The summed E-state index contributed by atoms with van der Waals surface area (Å²) in [6, 6.07) is 17.0. The zero-order valence-corrected chi connectivity index (χ0v) is 22.9. The van der Waals surface area contributed by atoms with Crippen LogP contribution < -0.4 is 4.74 Å². The molecule has 0 radical (unpaired) electrons. The van der Waals surface area contributed by atoms with Gasteiger partial charge in [0.15, 0.2) is 15.7 Å². The van der Waals surface area contributed by atoms with Crippen molar-refractivity contribution in [3.8, 4) is 23.0 Å². The maximum atomic E-state index is 11.8. The summed E-state index contributed by atoms with van der Waals surface area (Å²) < 4.78 is 37.8. The molecule has 9 heteroatoms. The van der Waals surface area contributed by atoms with Gasteiger partial charge in [0.1, 0.15) is 23.9 Å². The monoisotopic (exact) mass is 521 g/mol. The molecule has 0 aliphatic heterocycles. The van der Waals surface area contributed by atoms with Crippen LogP contribution in [0, 0.1) is 0 Å². The topological polar surface area (TPSA) is 83.3 Å². The summed E-state index contributed by atoms with van der Waals surface area (Å²) in [5.74, 6) is 1.82. The second kappa shape index (κ2) is 10.4. The number of rotatable bonds is 10. The largest absolute Gasteiger partial charge is 0.457 e. The van der Waals surface area contributed by atoms with Crippen LogP contribution in [0.3, 0.4) is 0 Å². The maximum Gasteiger partial charge on any atom is 0.175 e. The lowest BCUT2D eigenvalue weighted by Gasteiger charge is -2.16. The third kappa shape index (κ3) is 6.10. The number of imidazole rings is 1. The average Bonchev–Trinajstić information content (AvgIpc) is 3.18. The van der Waals surface area contributed by atoms with E-state index in [4.69, 9.17) is 14.5 Å². The molecule has 2 heterocycles. The molecule has 2 aromatic heterocycles. The van der Waals surface area contributed by atoms with Crippen molar-refractivity contribution in [3.05, 3.63) is 72.9 Å². The third-order valence-corrected chi connectivity index (χ3v) is 8.52. The second-order valence-corrected chi connectivity index (χ2v) is 17.5. The average molecular weight is 522 g/mol. The number of sulfone groups is 1. The van der Waals surface area contributed by atoms with Crippen molar-refractivity contribution in [2.75, 3.05) is 12.9 Å². The fraction of sp³-hybridized carbons (Fsp3) is 0.259. The van der Waals surface area contributed by atoms with Crippen molar-refractivity contribution >= 4 is 35.0 Å². The van der Waals surface area contributed by atoms with E-state index in [9.17, 15) is 8.42 Å². The van der Waals surface area contributed by atoms with Crippen LogP contribution in [0.1, 0.15) is 5.56 Å². The SMILES string of the molecule is C=Cc1cc2nc(-c3ccccn3)n(COCC[Si](C)(C)C)c2cc1Oc1ccc(S(C)(=O)=O)cc1. The van der Waals surface area contributed by atoms with E-state index in [-0.39, 0.29) is 4.90 Å². The Hall–Kier alpha value is -3.27. The van der Waals surface area contributed by atoms with Gasteiger partial charge in [-0.3, -0.25) is 9.55 Å². The number of aromatic nitrogens is 3. The van der Waals surface area contributed by atoms with Crippen LogP contribution in [-0.4, -0.2) is 43.9 Å². The summed E-state index contributed by atoms with van der Waals surface area (Å²) in [4.78, 5) is 9.60. The Morgan fingerprint density at radius 1 is 1.08 bits per heavy atom. The van der Waals surface area contributed by atoms with E-state index < -0.39 is 17.9 Å². The van der Waals surface area contributed by atoms with Gasteiger partial charge in [0.25, 0.3) is 0 Å². The van der Waals surface area contributed by atoms with Gasteiger partial charge in [-0.15, -0.1) is 0 Å². The van der Waals surface area contributed by atoms with Crippen molar-refractivity contribution in [1.29, 1.82) is 0 Å². The second-order valence-electron chi connectivity index (χ2n) is 9.85. The molecule has 0 bridgehead atoms. The first kappa shape index (κ1) is 25.8. The Morgan fingerprint density at radius 3 is 2.44 bits per heavy atom. The number of hydrogen-bond donors (Lipinski definition) is 0. The number of hydrogen-bond acceptors (Lipinski definition) is 6. The predicted molar refractivity (Wildman–Crippen MR) is 147 cm³/mol. The van der Waals surface area contributed by atoms with Gasteiger partial charge in [0, 0.05) is 38.8 Å². The molecule has 0 amide bonds. The minimum atomic E-state index is -3.28. The van der Waals surface area contributed by atoms with Crippen LogP contribution in [0.5, 0.6) is 11.5 Å². The zero-order chi connectivity index (χ0) is 25.9. The number of benzene rings is 2. The number of ether oxygens (including phenoxy) is 2. The highest BCUT2D eigenvalue weighted by Gasteiger charge is 2.18. The van der Waals surface area contributed by atoms with Gasteiger partial charge in [-0.1, -0.05) is 38.4 Å². The highest BCUT2D eigenvalue weighted by molar-refractivity contribution is 7.90. The van der Waals surface area contributed by atoms with Crippen LogP contribution in [-0.2, 0) is 21.3 Å². The quantitative estimate of drug-likeness (QED) is 0.181. The van der Waals surface area contributed by atoms with E-state index in [2.05, 4.69) is 31.2 Å². The molecule has 0 unspecified atom stereocenters. The first-order valence-corrected chi connectivity index (χ1v) is 17.3. The van der Waals surface area contributed by atoms with Crippen molar-refractivity contribution in [2.24, 2.45) is 0 Å². The molecule has 36 heavy (non-hydrogen) atoms. The lowest BCUT2D eigenvalue weighted by atomic mass is 10.1. The summed E-state index contributed by atoms with van der Waals surface area (Å²) in [5, 5.41) is 0. The zero-order valence-electron chi connectivity index (χ0n) is 21.1. The minimum Gasteiger partial charge on any atom is -0.457 e. The van der Waals surface area contributed by atoms with Gasteiger partial charge in [-0.25, -0.2) is 13.4 Å². The third-order valence-electron chi connectivity index (χ3n) is 5.69. The van der Waals surface area contributed by atoms with Gasteiger partial charge in [0.05, 0.1) is 15.9 Å². The Labute approximate surface area is 213 Å². The summed E-state index contributed by atoms with van der Waals surface area (Å²) in [6.07, 6.45) is 4.64. The molecular formula is C27H31N3O4SSi. The van der Waals surface area contributed by atoms with Crippen molar-refractivity contribution < 1.29 is 17.9 Å². The Kier molecular flexibility index (Phi) is 7.44. The summed E-state index contributed by atoms with van der Waals surface area (Å²) in [7, 11) is -4.51. The van der Waals surface area contributed by atoms with Gasteiger partial charge in [-0.2, -0.15) is 0 Å². The molecule has 0 aliphatic carbocycles. The standard InChI is InChI=1S/C27H31N3O4SSi/c1-6-20-17-24-25(18-26(20)34-21-10-12-22(13-11-21)35(2,31)32)30(19-33-15-16-36(3,4)5)27(29-24)23-9-7-8-14-28-23/h6-14,17-18H,1,15-16,19H2,2-5H3. The van der Waals surface area contributed by atoms with Gasteiger partial charge in [0.2, 0.25) is 0 Å². The van der Waals surface area contributed by atoms with Crippen LogP contribution in [0.15, 0.2) is 72.3 Å². The number of pyridine rings is 1. The lowest BCUT2D eigenvalue weighted by Crippen LogP contribution is -2.22.